The Labute approximate surface area is 129 Å². The number of hydrogen-bond donors (Lipinski definition) is 1. The maximum atomic E-state index is 13.3. The number of amides is 1. The Kier molecular flexibility index (Phi) is 3.18. The van der Waals surface area contributed by atoms with Crippen LogP contribution in [0.5, 0.6) is 0 Å². The van der Waals surface area contributed by atoms with Crippen molar-refractivity contribution in [1.82, 2.24) is 15.3 Å². The van der Waals surface area contributed by atoms with Crippen molar-refractivity contribution in [2.24, 2.45) is 0 Å². The Bertz CT molecular complexity index is 630. The average molecular weight is 301 g/mol. The molecule has 2 bridgehead atoms. The minimum atomic E-state index is -0.243. The molecule has 1 N–H and O–H groups in total. The van der Waals surface area contributed by atoms with E-state index in [4.69, 9.17) is 0 Å². The highest BCUT2D eigenvalue weighted by Crippen LogP contribution is 2.43. The van der Waals surface area contributed by atoms with Crippen molar-refractivity contribution in [3.8, 4) is 0 Å². The van der Waals surface area contributed by atoms with Gasteiger partial charge in [-0.2, -0.15) is 0 Å². The van der Waals surface area contributed by atoms with Crippen molar-refractivity contribution in [1.29, 1.82) is 0 Å². The van der Waals surface area contributed by atoms with Gasteiger partial charge >= 0.3 is 0 Å². The van der Waals surface area contributed by atoms with Gasteiger partial charge in [0.05, 0.1) is 17.8 Å². The van der Waals surface area contributed by atoms with Crippen LogP contribution in [-0.2, 0) is 4.79 Å². The number of halogens is 1. The lowest BCUT2D eigenvalue weighted by molar-refractivity contribution is -0.135. The van der Waals surface area contributed by atoms with E-state index in [1.54, 1.807) is 17.1 Å². The lowest BCUT2D eigenvalue weighted by atomic mass is 9.86. The van der Waals surface area contributed by atoms with E-state index in [0.717, 1.165) is 31.5 Å². The number of carbonyl (C=O) groups is 1. The number of hydrazine groups is 1. The Morgan fingerprint density at radius 1 is 1.23 bits per heavy atom. The molecular weight excluding hydrogens is 281 g/mol. The molecule has 2 fully saturated rings. The lowest BCUT2D eigenvalue weighted by Crippen LogP contribution is -2.48. The summed E-state index contributed by atoms with van der Waals surface area (Å²) in [7, 11) is 0. The first kappa shape index (κ1) is 13.8. The highest BCUT2D eigenvalue weighted by molar-refractivity contribution is 5.77. The van der Waals surface area contributed by atoms with Crippen molar-refractivity contribution < 1.29 is 9.18 Å². The van der Waals surface area contributed by atoms with Crippen molar-refractivity contribution >= 4 is 5.91 Å². The molecule has 1 aromatic carbocycles. The molecular formula is C17H20FN3O. The van der Waals surface area contributed by atoms with E-state index >= 15 is 0 Å². The summed E-state index contributed by atoms with van der Waals surface area (Å²) >= 11 is 0. The number of hydrogen-bond acceptors (Lipinski definition) is 3. The van der Waals surface area contributed by atoms with Gasteiger partial charge in [-0.25, -0.2) is 9.40 Å². The predicted octanol–water partition coefficient (Wildman–Crippen LogP) is 2.36. The van der Waals surface area contributed by atoms with E-state index in [1.165, 1.54) is 23.4 Å². The van der Waals surface area contributed by atoms with Crippen LogP contribution < -0.4 is 5.43 Å². The zero-order chi connectivity index (χ0) is 15.3. The summed E-state index contributed by atoms with van der Waals surface area (Å²) in [6.45, 7) is 3.98. The molecule has 0 radical (unpaired) electrons. The SMILES string of the molecule is CCC(=O)N1NC2=C3CCN(CC3)C2C1c1ccc(F)cc1. The van der Waals surface area contributed by atoms with E-state index in [2.05, 4.69) is 10.3 Å². The summed E-state index contributed by atoms with van der Waals surface area (Å²) in [5.41, 5.74) is 7.01. The number of benzene rings is 1. The van der Waals surface area contributed by atoms with Crippen molar-refractivity contribution in [2.75, 3.05) is 13.1 Å². The van der Waals surface area contributed by atoms with E-state index in [-0.39, 0.29) is 23.8 Å². The Morgan fingerprint density at radius 2 is 1.91 bits per heavy atom. The van der Waals surface area contributed by atoms with Gasteiger partial charge in [0.25, 0.3) is 0 Å². The number of rotatable bonds is 2. The summed E-state index contributed by atoms with van der Waals surface area (Å²) in [5.74, 6) is -0.162. The lowest BCUT2D eigenvalue weighted by Gasteiger charge is -2.42. The van der Waals surface area contributed by atoms with Crippen LogP contribution in [0.3, 0.4) is 0 Å². The molecule has 116 valence electrons. The molecule has 5 rings (SSSR count). The molecule has 2 saturated heterocycles. The quantitative estimate of drug-likeness (QED) is 0.911. The fourth-order valence-corrected chi connectivity index (χ4v) is 3.96. The van der Waals surface area contributed by atoms with Crippen LogP contribution in [-0.4, -0.2) is 34.9 Å². The first-order chi connectivity index (χ1) is 10.7. The van der Waals surface area contributed by atoms with Crippen LogP contribution in [0.25, 0.3) is 0 Å². The molecule has 0 spiro atoms. The Hall–Kier alpha value is -1.88. The highest BCUT2D eigenvalue weighted by Gasteiger charge is 2.48. The molecule has 1 aromatic rings. The van der Waals surface area contributed by atoms with Crippen LogP contribution in [0.4, 0.5) is 4.39 Å². The van der Waals surface area contributed by atoms with Gasteiger partial charge in [0.15, 0.2) is 0 Å². The topological polar surface area (TPSA) is 35.6 Å². The maximum Gasteiger partial charge on any atom is 0.241 e. The molecule has 4 aliphatic heterocycles. The molecule has 2 unspecified atom stereocenters. The third-order valence-electron chi connectivity index (χ3n) is 5.07. The van der Waals surface area contributed by atoms with Gasteiger partial charge in [-0.3, -0.25) is 15.1 Å². The zero-order valence-electron chi connectivity index (χ0n) is 12.7. The second kappa shape index (κ2) is 5.09. The minimum Gasteiger partial charge on any atom is -0.298 e. The Balaban J connectivity index is 1.79. The summed E-state index contributed by atoms with van der Waals surface area (Å²) in [5, 5.41) is 1.76. The smallest absolute Gasteiger partial charge is 0.241 e. The van der Waals surface area contributed by atoms with Gasteiger partial charge in [0.2, 0.25) is 5.91 Å². The van der Waals surface area contributed by atoms with E-state index in [9.17, 15) is 9.18 Å². The number of carbonyl (C=O) groups excluding carboxylic acids is 1. The number of fused-ring (bicyclic) bond motifs is 2. The molecule has 4 nitrogen and oxygen atoms in total. The highest BCUT2D eigenvalue weighted by atomic mass is 19.1. The Morgan fingerprint density at radius 3 is 2.55 bits per heavy atom. The first-order valence-corrected chi connectivity index (χ1v) is 7.99. The van der Waals surface area contributed by atoms with Gasteiger partial charge in [0.1, 0.15) is 5.82 Å². The fraction of sp³-hybridized carbons (Fsp3) is 0.471. The summed E-state index contributed by atoms with van der Waals surface area (Å²) < 4.78 is 13.3. The molecule has 4 heterocycles. The van der Waals surface area contributed by atoms with Crippen LogP contribution in [0.1, 0.15) is 37.8 Å². The molecule has 2 atom stereocenters. The van der Waals surface area contributed by atoms with Crippen molar-refractivity contribution in [3.63, 3.8) is 0 Å². The van der Waals surface area contributed by atoms with Crippen LogP contribution >= 0.6 is 0 Å². The summed E-state index contributed by atoms with van der Waals surface area (Å²) in [4.78, 5) is 14.8. The average Bonchev–Trinajstić information content (AvgIpc) is 2.98. The number of nitrogens with one attached hydrogen (secondary N) is 1. The van der Waals surface area contributed by atoms with Crippen LogP contribution in [0.2, 0.25) is 0 Å². The van der Waals surface area contributed by atoms with E-state index in [1.807, 2.05) is 6.92 Å². The van der Waals surface area contributed by atoms with Crippen molar-refractivity contribution in [3.05, 3.63) is 46.9 Å². The first-order valence-electron chi connectivity index (χ1n) is 7.99. The fourth-order valence-electron chi connectivity index (χ4n) is 3.96. The zero-order valence-corrected chi connectivity index (χ0v) is 12.7. The van der Waals surface area contributed by atoms with Gasteiger partial charge in [-0.15, -0.1) is 0 Å². The number of piperidine rings is 1. The third kappa shape index (κ3) is 1.96. The molecule has 5 heteroatoms. The van der Waals surface area contributed by atoms with Crippen molar-refractivity contribution in [2.45, 2.75) is 38.3 Å². The molecule has 22 heavy (non-hydrogen) atoms. The standard InChI is InChI=1S/C17H20FN3O/c1-2-14(22)21-16(12-3-5-13(18)6-4-12)17-15(19-21)11-7-9-20(17)10-8-11/h3-6,16-17,19H,2,7-10H2,1H3. The molecule has 1 amide bonds. The van der Waals surface area contributed by atoms with Gasteiger partial charge in [0, 0.05) is 19.5 Å². The second-order valence-corrected chi connectivity index (χ2v) is 6.22. The van der Waals surface area contributed by atoms with E-state index < -0.39 is 0 Å². The van der Waals surface area contributed by atoms with Crippen LogP contribution in [0.15, 0.2) is 35.5 Å². The molecule has 0 saturated carbocycles. The predicted molar refractivity (Wildman–Crippen MR) is 81.0 cm³/mol. The third-order valence-corrected chi connectivity index (χ3v) is 5.07. The summed E-state index contributed by atoms with van der Waals surface area (Å²) in [6, 6.07) is 6.68. The summed E-state index contributed by atoms with van der Waals surface area (Å²) in [6.07, 6.45) is 2.63. The largest absolute Gasteiger partial charge is 0.298 e. The second-order valence-electron chi connectivity index (χ2n) is 6.22. The minimum absolute atomic E-state index is 0.0707. The monoisotopic (exact) mass is 301 g/mol. The number of nitrogens with zero attached hydrogens (tertiary/aromatic N) is 2. The van der Waals surface area contributed by atoms with Gasteiger partial charge < -0.3 is 0 Å². The molecule has 0 aliphatic carbocycles. The van der Waals surface area contributed by atoms with Crippen LogP contribution in [0, 0.1) is 5.82 Å². The van der Waals surface area contributed by atoms with Gasteiger partial charge in [-0.05, 0) is 36.1 Å². The van der Waals surface area contributed by atoms with Gasteiger partial charge in [-0.1, -0.05) is 19.1 Å². The normalized spacial score (nSPS) is 29.5. The van der Waals surface area contributed by atoms with E-state index in [0.29, 0.717) is 6.42 Å². The maximum absolute atomic E-state index is 13.3. The molecule has 4 aliphatic rings. The molecule has 0 aromatic heterocycles.